The molecule has 0 aliphatic heterocycles. The summed E-state index contributed by atoms with van der Waals surface area (Å²) >= 11 is 0. The molecule has 0 atom stereocenters. The standard InChI is InChI=1S/C21H38N2O4/c1-14(2)18(24)9-22(10-19(25)15(3)4)13-23(11-20(26)16(5)6)12-21(27)17(7)8/h14-17H,9-13H2,1-8H3. The normalized spacial score (nSPS) is 12.1. The van der Waals surface area contributed by atoms with Crippen LogP contribution in [0.15, 0.2) is 0 Å². The first-order valence-corrected chi connectivity index (χ1v) is 9.90. The monoisotopic (exact) mass is 382 g/mol. The average molecular weight is 383 g/mol. The lowest BCUT2D eigenvalue weighted by molar-refractivity contribution is -0.128. The van der Waals surface area contributed by atoms with Crippen molar-refractivity contribution >= 4 is 23.1 Å². The minimum absolute atomic E-state index is 0.0388. The van der Waals surface area contributed by atoms with Crippen molar-refractivity contribution in [1.82, 2.24) is 9.80 Å². The van der Waals surface area contributed by atoms with Gasteiger partial charge in [0, 0.05) is 23.7 Å². The molecule has 0 fully saturated rings. The van der Waals surface area contributed by atoms with Crippen molar-refractivity contribution in [2.45, 2.75) is 55.4 Å². The molecule has 6 nitrogen and oxygen atoms in total. The summed E-state index contributed by atoms with van der Waals surface area (Å²) in [5.41, 5.74) is 0. The van der Waals surface area contributed by atoms with Gasteiger partial charge in [0.2, 0.25) is 0 Å². The van der Waals surface area contributed by atoms with E-state index >= 15 is 0 Å². The molecule has 0 amide bonds. The fourth-order valence-electron chi connectivity index (χ4n) is 2.21. The molecule has 0 radical (unpaired) electrons. The number of nitrogens with zero attached hydrogens (tertiary/aromatic N) is 2. The van der Waals surface area contributed by atoms with E-state index in [2.05, 4.69) is 0 Å². The molecule has 0 rings (SSSR count). The van der Waals surface area contributed by atoms with Crippen LogP contribution in [0.4, 0.5) is 0 Å². The number of hydrogen-bond donors (Lipinski definition) is 0. The van der Waals surface area contributed by atoms with Crippen molar-refractivity contribution in [1.29, 1.82) is 0 Å². The van der Waals surface area contributed by atoms with Crippen molar-refractivity contribution in [3.8, 4) is 0 Å². The van der Waals surface area contributed by atoms with Gasteiger partial charge in [-0.2, -0.15) is 0 Å². The Balaban J connectivity index is 5.37. The summed E-state index contributed by atoms with van der Waals surface area (Å²) in [5, 5.41) is 0. The van der Waals surface area contributed by atoms with E-state index in [9.17, 15) is 19.2 Å². The molecular formula is C21H38N2O4. The zero-order chi connectivity index (χ0) is 21.3. The Bertz CT molecular complexity index is 434. The molecule has 0 spiro atoms. The van der Waals surface area contributed by atoms with Gasteiger partial charge in [-0.25, -0.2) is 0 Å². The maximum atomic E-state index is 12.2. The quantitative estimate of drug-likeness (QED) is 0.430. The lowest BCUT2D eigenvalue weighted by Gasteiger charge is -2.30. The minimum Gasteiger partial charge on any atom is -0.298 e. The second-order valence-electron chi connectivity index (χ2n) is 8.60. The third kappa shape index (κ3) is 10.5. The summed E-state index contributed by atoms with van der Waals surface area (Å²) in [4.78, 5) is 52.5. The van der Waals surface area contributed by atoms with Crippen molar-refractivity contribution in [3.63, 3.8) is 0 Å². The van der Waals surface area contributed by atoms with Crippen LogP contribution >= 0.6 is 0 Å². The maximum Gasteiger partial charge on any atom is 0.149 e. The predicted octanol–water partition coefficient (Wildman–Crippen LogP) is 2.45. The summed E-state index contributed by atoms with van der Waals surface area (Å²) < 4.78 is 0. The Hall–Kier alpha value is -1.40. The van der Waals surface area contributed by atoms with Gasteiger partial charge in [0.1, 0.15) is 23.1 Å². The van der Waals surface area contributed by atoms with Crippen LogP contribution in [0.3, 0.4) is 0 Å². The molecule has 0 bridgehead atoms. The van der Waals surface area contributed by atoms with Gasteiger partial charge in [0.25, 0.3) is 0 Å². The molecule has 0 saturated heterocycles. The molecule has 6 heteroatoms. The largest absolute Gasteiger partial charge is 0.298 e. The van der Waals surface area contributed by atoms with E-state index in [1.807, 2.05) is 55.4 Å². The second kappa shape index (κ2) is 12.1. The molecule has 0 unspecified atom stereocenters. The number of carbonyl (C=O) groups is 4. The zero-order valence-electron chi connectivity index (χ0n) is 18.4. The van der Waals surface area contributed by atoms with Crippen molar-refractivity contribution in [2.75, 3.05) is 32.8 Å². The highest BCUT2D eigenvalue weighted by molar-refractivity contribution is 5.86. The Morgan fingerprint density at radius 3 is 0.815 bits per heavy atom. The van der Waals surface area contributed by atoms with Crippen LogP contribution in [0.2, 0.25) is 0 Å². The average Bonchev–Trinajstić information content (AvgIpc) is 2.53. The molecule has 156 valence electrons. The van der Waals surface area contributed by atoms with Gasteiger partial charge in [-0.1, -0.05) is 55.4 Å². The summed E-state index contributed by atoms with van der Waals surface area (Å²) in [6.07, 6.45) is 0. The molecule has 27 heavy (non-hydrogen) atoms. The highest BCUT2D eigenvalue weighted by atomic mass is 16.1. The van der Waals surface area contributed by atoms with E-state index in [1.54, 1.807) is 9.80 Å². The summed E-state index contributed by atoms with van der Waals surface area (Å²) in [7, 11) is 0. The SMILES string of the molecule is CC(C)C(=O)CN(CC(=O)C(C)C)CN(CC(=O)C(C)C)CC(=O)C(C)C. The molecular weight excluding hydrogens is 344 g/mol. The number of carbonyl (C=O) groups excluding carboxylic acids is 4. The topological polar surface area (TPSA) is 74.8 Å². The van der Waals surface area contributed by atoms with Crippen LogP contribution in [0.1, 0.15) is 55.4 Å². The van der Waals surface area contributed by atoms with Gasteiger partial charge >= 0.3 is 0 Å². The second-order valence-corrected chi connectivity index (χ2v) is 8.60. The van der Waals surface area contributed by atoms with E-state index in [1.165, 1.54) is 0 Å². The Labute approximate surface area is 164 Å². The summed E-state index contributed by atoms with van der Waals surface area (Å²) in [6, 6.07) is 0. The van der Waals surface area contributed by atoms with Crippen molar-refractivity contribution in [2.24, 2.45) is 23.7 Å². The zero-order valence-corrected chi connectivity index (χ0v) is 18.4. The molecule has 0 N–H and O–H groups in total. The highest BCUT2D eigenvalue weighted by Crippen LogP contribution is 2.07. The van der Waals surface area contributed by atoms with E-state index in [-0.39, 0.29) is 79.7 Å². The summed E-state index contributed by atoms with van der Waals surface area (Å²) in [6.45, 7) is 15.4. The van der Waals surface area contributed by atoms with Gasteiger partial charge in [-0.3, -0.25) is 29.0 Å². The van der Waals surface area contributed by atoms with Crippen molar-refractivity contribution < 1.29 is 19.2 Å². The number of Topliss-reactive ketones (excluding diaryl/α,β-unsaturated/α-hetero) is 4. The van der Waals surface area contributed by atoms with Gasteiger partial charge in [-0.05, 0) is 0 Å². The van der Waals surface area contributed by atoms with Crippen LogP contribution in [-0.2, 0) is 19.2 Å². The predicted molar refractivity (Wildman–Crippen MR) is 107 cm³/mol. The number of rotatable bonds is 14. The first kappa shape index (κ1) is 25.6. The molecule has 0 aromatic heterocycles. The highest BCUT2D eigenvalue weighted by Gasteiger charge is 2.24. The summed E-state index contributed by atoms with van der Waals surface area (Å²) in [5.74, 6) is -0.383. The van der Waals surface area contributed by atoms with E-state index < -0.39 is 0 Å². The van der Waals surface area contributed by atoms with Crippen LogP contribution in [-0.4, -0.2) is 65.8 Å². The van der Waals surface area contributed by atoms with Crippen LogP contribution in [0.25, 0.3) is 0 Å². The van der Waals surface area contributed by atoms with Crippen molar-refractivity contribution in [3.05, 3.63) is 0 Å². The third-order valence-corrected chi connectivity index (χ3v) is 4.49. The van der Waals surface area contributed by atoms with Crippen LogP contribution in [0, 0.1) is 23.7 Å². The van der Waals surface area contributed by atoms with Gasteiger partial charge in [0.15, 0.2) is 0 Å². The Morgan fingerprint density at radius 1 is 0.481 bits per heavy atom. The molecule has 0 aromatic rings. The van der Waals surface area contributed by atoms with Crippen LogP contribution < -0.4 is 0 Å². The Kier molecular flexibility index (Phi) is 11.5. The molecule has 0 saturated carbocycles. The first-order valence-electron chi connectivity index (χ1n) is 9.90. The van der Waals surface area contributed by atoms with E-state index in [4.69, 9.17) is 0 Å². The fraction of sp³-hybridized carbons (Fsp3) is 0.810. The van der Waals surface area contributed by atoms with Gasteiger partial charge in [0.05, 0.1) is 32.8 Å². The lowest BCUT2D eigenvalue weighted by Crippen LogP contribution is -2.48. The minimum atomic E-state index is -0.135. The van der Waals surface area contributed by atoms with Crippen LogP contribution in [0.5, 0.6) is 0 Å². The van der Waals surface area contributed by atoms with Gasteiger partial charge in [-0.15, -0.1) is 0 Å². The molecule has 0 aliphatic rings. The smallest absolute Gasteiger partial charge is 0.149 e. The molecule has 0 aromatic carbocycles. The van der Waals surface area contributed by atoms with E-state index in [0.29, 0.717) is 0 Å². The Morgan fingerprint density at radius 2 is 0.667 bits per heavy atom. The third-order valence-electron chi connectivity index (χ3n) is 4.49. The maximum absolute atomic E-state index is 12.2. The number of hydrogen-bond acceptors (Lipinski definition) is 6. The van der Waals surface area contributed by atoms with Gasteiger partial charge < -0.3 is 0 Å². The number of ketones is 4. The molecule has 0 aliphatic carbocycles. The first-order chi connectivity index (χ1) is 12.3. The lowest BCUT2D eigenvalue weighted by atomic mass is 10.1. The fourth-order valence-corrected chi connectivity index (χ4v) is 2.21. The molecule has 0 heterocycles. The van der Waals surface area contributed by atoms with E-state index in [0.717, 1.165) is 0 Å².